The van der Waals surface area contributed by atoms with Gasteiger partial charge < -0.3 is 0 Å². The van der Waals surface area contributed by atoms with Gasteiger partial charge in [-0.25, -0.2) is 0 Å². The Bertz CT molecular complexity index is 209. The van der Waals surface area contributed by atoms with Crippen LogP contribution in [0.15, 0.2) is 0 Å². The maximum absolute atomic E-state index is 11.6. The average Bonchev–Trinajstić information content (AvgIpc) is 2.26. The molecule has 0 saturated heterocycles. The lowest BCUT2D eigenvalue weighted by Gasteiger charge is -2.30. The number of rotatable bonds is 5. The van der Waals surface area contributed by atoms with Gasteiger partial charge in [-0.15, -0.1) is 0 Å². The van der Waals surface area contributed by atoms with E-state index in [1.807, 2.05) is 13.8 Å². The molecule has 0 amide bonds. The van der Waals surface area contributed by atoms with E-state index in [9.17, 15) is 4.79 Å². The van der Waals surface area contributed by atoms with E-state index in [0.717, 1.165) is 30.6 Å². The monoisotopic (exact) mass is 224 g/mol. The van der Waals surface area contributed by atoms with E-state index < -0.39 is 0 Å². The summed E-state index contributed by atoms with van der Waals surface area (Å²) in [6, 6.07) is 0. The van der Waals surface area contributed by atoms with Crippen LogP contribution in [0.1, 0.15) is 66.2 Å². The van der Waals surface area contributed by atoms with Crippen LogP contribution < -0.4 is 0 Å². The van der Waals surface area contributed by atoms with Gasteiger partial charge in [0.05, 0.1) is 0 Å². The smallest absolute Gasteiger partial charge is 0.135 e. The molecular weight excluding hydrogens is 196 g/mol. The summed E-state index contributed by atoms with van der Waals surface area (Å²) in [7, 11) is 0. The molecule has 1 rings (SSSR count). The third-order valence-electron chi connectivity index (χ3n) is 4.28. The Labute approximate surface area is 101 Å². The molecule has 1 aliphatic rings. The molecule has 0 unspecified atom stereocenters. The fourth-order valence-electron chi connectivity index (χ4n) is 2.78. The fraction of sp³-hybridized carbons (Fsp3) is 0.933. The molecule has 0 atom stereocenters. The summed E-state index contributed by atoms with van der Waals surface area (Å²) in [4.78, 5) is 11.6. The van der Waals surface area contributed by atoms with Gasteiger partial charge in [0.2, 0.25) is 0 Å². The standard InChI is InChI=1S/C15H28O/c1-11(2)14-8-5-13(6-9-14)7-10-15(16)12(3)4/h11-14H,5-10H2,1-4H3/t13-,14-. The number of ketones is 1. The van der Waals surface area contributed by atoms with Crippen LogP contribution in [-0.2, 0) is 4.79 Å². The molecule has 1 aliphatic carbocycles. The van der Waals surface area contributed by atoms with E-state index in [0.29, 0.717) is 5.78 Å². The number of carbonyl (C=O) groups excluding carboxylic acids is 1. The predicted octanol–water partition coefficient (Wildman–Crippen LogP) is 4.45. The molecular formula is C15H28O. The van der Waals surface area contributed by atoms with E-state index >= 15 is 0 Å². The SMILES string of the molecule is CC(C)C(=O)CC[C@H]1CC[C@H](C(C)C)CC1. The Kier molecular flexibility index (Phi) is 5.51. The lowest BCUT2D eigenvalue weighted by Crippen LogP contribution is -2.19. The maximum Gasteiger partial charge on any atom is 0.135 e. The van der Waals surface area contributed by atoms with Gasteiger partial charge >= 0.3 is 0 Å². The molecule has 16 heavy (non-hydrogen) atoms. The summed E-state index contributed by atoms with van der Waals surface area (Å²) in [5, 5.41) is 0. The molecule has 0 radical (unpaired) electrons. The van der Waals surface area contributed by atoms with Crippen molar-refractivity contribution in [3.63, 3.8) is 0 Å². The Balaban J connectivity index is 2.20. The minimum atomic E-state index is 0.229. The summed E-state index contributed by atoms with van der Waals surface area (Å²) >= 11 is 0. The van der Waals surface area contributed by atoms with Crippen LogP contribution in [0.4, 0.5) is 0 Å². The molecule has 1 saturated carbocycles. The highest BCUT2D eigenvalue weighted by atomic mass is 16.1. The van der Waals surface area contributed by atoms with Crippen LogP contribution in [0.5, 0.6) is 0 Å². The lowest BCUT2D eigenvalue weighted by molar-refractivity contribution is -0.122. The Morgan fingerprint density at radius 2 is 1.62 bits per heavy atom. The summed E-state index contributed by atoms with van der Waals surface area (Å²) in [5.74, 6) is 3.30. The van der Waals surface area contributed by atoms with Gasteiger partial charge in [-0.05, 0) is 37.0 Å². The van der Waals surface area contributed by atoms with Gasteiger partial charge in [-0.1, -0.05) is 40.5 Å². The highest BCUT2D eigenvalue weighted by molar-refractivity contribution is 5.80. The Morgan fingerprint density at radius 1 is 1.06 bits per heavy atom. The first-order valence-corrected chi connectivity index (χ1v) is 7.03. The first kappa shape index (κ1) is 13.7. The molecule has 1 heteroatoms. The second-order valence-corrected chi connectivity index (χ2v) is 6.18. The highest BCUT2D eigenvalue weighted by Gasteiger charge is 2.23. The normalized spacial score (nSPS) is 26.4. The minimum absolute atomic E-state index is 0.229. The van der Waals surface area contributed by atoms with E-state index in [4.69, 9.17) is 0 Å². The van der Waals surface area contributed by atoms with E-state index in [1.54, 1.807) is 0 Å². The Morgan fingerprint density at radius 3 is 2.06 bits per heavy atom. The molecule has 0 aromatic heterocycles. The van der Waals surface area contributed by atoms with Crippen molar-refractivity contribution < 1.29 is 4.79 Å². The van der Waals surface area contributed by atoms with E-state index in [1.165, 1.54) is 25.7 Å². The first-order chi connectivity index (χ1) is 7.50. The van der Waals surface area contributed by atoms with Gasteiger partial charge in [-0.2, -0.15) is 0 Å². The van der Waals surface area contributed by atoms with Crippen LogP contribution in [0.2, 0.25) is 0 Å². The van der Waals surface area contributed by atoms with Crippen molar-refractivity contribution in [1.82, 2.24) is 0 Å². The molecule has 0 aliphatic heterocycles. The quantitative estimate of drug-likeness (QED) is 0.674. The number of carbonyl (C=O) groups is 1. The van der Waals surface area contributed by atoms with Gasteiger partial charge in [0.1, 0.15) is 5.78 Å². The summed E-state index contributed by atoms with van der Waals surface area (Å²) in [6.07, 6.45) is 7.44. The highest BCUT2D eigenvalue weighted by Crippen LogP contribution is 2.35. The zero-order valence-electron chi connectivity index (χ0n) is 11.5. The van der Waals surface area contributed by atoms with Crippen molar-refractivity contribution in [3.8, 4) is 0 Å². The second-order valence-electron chi connectivity index (χ2n) is 6.18. The van der Waals surface area contributed by atoms with Crippen molar-refractivity contribution in [1.29, 1.82) is 0 Å². The third-order valence-corrected chi connectivity index (χ3v) is 4.28. The van der Waals surface area contributed by atoms with Crippen LogP contribution in [-0.4, -0.2) is 5.78 Å². The average molecular weight is 224 g/mol. The predicted molar refractivity (Wildman–Crippen MR) is 69.4 cm³/mol. The molecule has 1 nitrogen and oxygen atoms in total. The molecule has 0 N–H and O–H groups in total. The Hall–Kier alpha value is -0.330. The topological polar surface area (TPSA) is 17.1 Å². The van der Waals surface area contributed by atoms with Crippen molar-refractivity contribution >= 4 is 5.78 Å². The van der Waals surface area contributed by atoms with Crippen LogP contribution >= 0.6 is 0 Å². The molecule has 94 valence electrons. The maximum atomic E-state index is 11.6. The van der Waals surface area contributed by atoms with Crippen molar-refractivity contribution in [3.05, 3.63) is 0 Å². The number of Topliss-reactive ketones (excluding diaryl/α,β-unsaturated/α-hetero) is 1. The van der Waals surface area contributed by atoms with Crippen molar-refractivity contribution in [2.45, 2.75) is 66.2 Å². The van der Waals surface area contributed by atoms with Crippen LogP contribution in [0.3, 0.4) is 0 Å². The molecule has 1 fully saturated rings. The van der Waals surface area contributed by atoms with Crippen molar-refractivity contribution in [2.24, 2.45) is 23.7 Å². The van der Waals surface area contributed by atoms with Crippen LogP contribution in [0, 0.1) is 23.7 Å². The summed E-state index contributed by atoms with van der Waals surface area (Å²) in [6.45, 7) is 8.70. The first-order valence-electron chi connectivity index (χ1n) is 7.03. The van der Waals surface area contributed by atoms with Gasteiger partial charge in [-0.3, -0.25) is 4.79 Å². The minimum Gasteiger partial charge on any atom is -0.299 e. The summed E-state index contributed by atoms with van der Waals surface area (Å²) < 4.78 is 0. The fourth-order valence-corrected chi connectivity index (χ4v) is 2.78. The molecule has 0 spiro atoms. The second kappa shape index (κ2) is 6.42. The molecule has 0 heterocycles. The van der Waals surface area contributed by atoms with Crippen molar-refractivity contribution in [2.75, 3.05) is 0 Å². The number of hydrogen-bond acceptors (Lipinski definition) is 1. The van der Waals surface area contributed by atoms with E-state index in [-0.39, 0.29) is 5.92 Å². The lowest BCUT2D eigenvalue weighted by atomic mass is 9.75. The molecule has 0 bridgehead atoms. The largest absolute Gasteiger partial charge is 0.299 e. The molecule has 0 aromatic rings. The zero-order valence-corrected chi connectivity index (χ0v) is 11.5. The number of hydrogen-bond donors (Lipinski definition) is 0. The van der Waals surface area contributed by atoms with Gasteiger partial charge in [0.25, 0.3) is 0 Å². The zero-order chi connectivity index (χ0) is 12.1. The van der Waals surface area contributed by atoms with E-state index in [2.05, 4.69) is 13.8 Å². The van der Waals surface area contributed by atoms with Gasteiger partial charge in [0.15, 0.2) is 0 Å². The van der Waals surface area contributed by atoms with Gasteiger partial charge in [0, 0.05) is 12.3 Å². The summed E-state index contributed by atoms with van der Waals surface area (Å²) in [5.41, 5.74) is 0. The third kappa shape index (κ3) is 4.27. The van der Waals surface area contributed by atoms with Crippen LogP contribution in [0.25, 0.3) is 0 Å². The molecule has 0 aromatic carbocycles.